The van der Waals surface area contributed by atoms with Crippen LogP contribution in [0.1, 0.15) is 16.7 Å². The molecule has 0 unspecified atom stereocenters. The van der Waals surface area contributed by atoms with Gasteiger partial charge in [-0.05, 0) is 37.6 Å². The van der Waals surface area contributed by atoms with Crippen molar-refractivity contribution in [3.63, 3.8) is 0 Å². The Morgan fingerprint density at radius 1 is 1.11 bits per heavy atom. The number of nitrogens with one attached hydrogen (secondary N) is 1. The van der Waals surface area contributed by atoms with Gasteiger partial charge >= 0.3 is 0 Å². The maximum Gasteiger partial charge on any atom is 0.183 e. The van der Waals surface area contributed by atoms with Crippen molar-refractivity contribution in [1.29, 1.82) is 5.26 Å². The van der Waals surface area contributed by atoms with E-state index in [4.69, 9.17) is 5.26 Å². The monoisotopic (exact) mass is 258 g/mol. The first-order valence-corrected chi connectivity index (χ1v) is 5.75. The topological polar surface area (TPSA) is 35.8 Å². The molecule has 4 heteroatoms. The summed E-state index contributed by atoms with van der Waals surface area (Å²) in [5.74, 6) is -2.02. The molecule has 96 valence electrons. The SMILES string of the molecule is Cc1ccc(Nc2c(C#N)ccc(F)c2F)c(C)c1. The largest absolute Gasteiger partial charge is 0.352 e. The van der Waals surface area contributed by atoms with Crippen molar-refractivity contribution >= 4 is 11.4 Å². The van der Waals surface area contributed by atoms with E-state index in [0.29, 0.717) is 5.69 Å². The number of halogens is 2. The van der Waals surface area contributed by atoms with Crippen molar-refractivity contribution in [2.45, 2.75) is 13.8 Å². The number of aryl methyl sites for hydroxylation is 2. The first kappa shape index (κ1) is 13.0. The maximum atomic E-state index is 13.8. The molecule has 0 aromatic heterocycles. The minimum atomic E-state index is -1.04. The fourth-order valence-electron chi connectivity index (χ4n) is 1.85. The molecule has 1 N–H and O–H groups in total. The zero-order valence-electron chi connectivity index (χ0n) is 10.6. The molecular formula is C15H12F2N2. The quantitative estimate of drug-likeness (QED) is 0.876. The summed E-state index contributed by atoms with van der Waals surface area (Å²) in [5.41, 5.74) is 2.55. The van der Waals surface area contributed by atoms with Gasteiger partial charge in [-0.3, -0.25) is 0 Å². The molecule has 0 aliphatic rings. The van der Waals surface area contributed by atoms with E-state index in [-0.39, 0.29) is 11.3 Å². The third kappa shape index (κ3) is 2.55. The summed E-state index contributed by atoms with van der Waals surface area (Å²) in [7, 11) is 0. The number of rotatable bonds is 2. The van der Waals surface area contributed by atoms with E-state index in [9.17, 15) is 8.78 Å². The van der Waals surface area contributed by atoms with Crippen LogP contribution in [0.5, 0.6) is 0 Å². The number of nitrogens with zero attached hydrogens (tertiary/aromatic N) is 1. The Kier molecular flexibility index (Phi) is 3.48. The molecule has 2 aromatic rings. The molecule has 0 aliphatic carbocycles. The van der Waals surface area contributed by atoms with Gasteiger partial charge < -0.3 is 5.32 Å². The van der Waals surface area contributed by atoms with Crippen LogP contribution < -0.4 is 5.32 Å². The standard InChI is InChI=1S/C15H12F2N2/c1-9-3-6-13(10(2)7-9)19-15-11(8-18)4-5-12(16)14(15)17/h3-7,19H,1-2H3. The summed E-state index contributed by atoms with van der Waals surface area (Å²) in [5, 5.41) is 11.7. The van der Waals surface area contributed by atoms with Gasteiger partial charge in [0, 0.05) is 5.69 Å². The summed E-state index contributed by atoms with van der Waals surface area (Å²) in [6.45, 7) is 3.80. The van der Waals surface area contributed by atoms with Crippen molar-refractivity contribution in [2.75, 3.05) is 5.32 Å². The molecular weight excluding hydrogens is 246 g/mol. The molecule has 0 spiro atoms. The van der Waals surface area contributed by atoms with Gasteiger partial charge in [0.05, 0.1) is 11.3 Å². The molecule has 0 amide bonds. The number of hydrogen-bond acceptors (Lipinski definition) is 2. The van der Waals surface area contributed by atoms with E-state index in [0.717, 1.165) is 17.2 Å². The number of benzene rings is 2. The van der Waals surface area contributed by atoms with Crippen LogP contribution in [0.25, 0.3) is 0 Å². The van der Waals surface area contributed by atoms with Crippen molar-refractivity contribution in [3.8, 4) is 6.07 Å². The highest BCUT2D eigenvalue weighted by molar-refractivity contribution is 5.69. The Morgan fingerprint density at radius 2 is 1.84 bits per heavy atom. The second-order valence-corrected chi connectivity index (χ2v) is 4.34. The molecule has 19 heavy (non-hydrogen) atoms. The van der Waals surface area contributed by atoms with Crippen LogP contribution in [0.3, 0.4) is 0 Å². The lowest BCUT2D eigenvalue weighted by molar-refractivity contribution is 0.511. The van der Waals surface area contributed by atoms with Crippen LogP contribution in [0.4, 0.5) is 20.2 Å². The average Bonchev–Trinajstić information content (AvgIpc) is 2.38. The first-order valence-electron chi connectivity index (χ1n) is 5.75. The number of anilines is 2. The van der Waals surface area contributed by atoms with E-state index in [1.165, 1.54) is 6.07 Å². The van der Waals surface area contributed by atoms with Gasteiger partial charge in [-0.25, -0.2) is 8.78 Å². The lowest BCUT2D eigenvalue weighted by Crippen LogP contribution is -2.01. The fraction of sp³-hybridized carbons (Fsp3) is 0.133. The highest BCUT2D eigenvalue weighted by Gasteiger charge is 2.14. The first-order chi connectivity index (χ1) is 9.02. The van der Waals surface area contributed by atoms with Gasteiger partial charge in [-0.1, -0.05) is 17.7 Å². The Labute approximate surface area is 110 Å². The average molecular weight is 258 g/mol. The minimum absolute atomic E-state index is 0.0684. The summed E-state index contributed by atoms with van der Waals surface area (Å²) in [6.07, 6.45) is 0. The molecule has 2 rings (SSSR count). The smallest absolute Gasteiger partial charge is 0.183 e. The molecule has 0 bridgehead atoms. The van der Waals surface area contributed by atoms with Crippen LogP contribution in [0.15, 0.2) is 30.3 Å². The van der Waals surface area contributed by atoms with Gasteiger partial charge in [0.15, 0.2) is 11.6 Å². The Balaban J connectivity index is 2.49. The predicted molar refractivity (Wildman–Crippen MR) is 70.3 cm³/mol. The third-order valence-corrected chi connectivity index (χ3v) is 2.86. The zero-order valence-corrected chi connectivity index (χ0v) is 10.6. The predicted octanol–water partition coefficient (Wildman–Crippen LogP) is 4.20. The molecule has 0 fully saturated rings. The highest BCUT2D eigenvalue weighted by Crippen LogP contribution is 2.27. The zero-order chi connectivity index (χ0) is 14.0. The van der Waals surface area contributed by atoms with E-state index in [2.05, 4.69) is 5.32 Å². The molecule has 0 heterocycles. The van der Waals surface area contributed by atoms with Gasteiger partial charge in [0.1, 0.15) is 6.07 Å². The second-order valence-electron chi connectivity index (χ2n) is 4.34. The van der Waals surface area contributed by atoms with Gasteiger partial charge in [-0.2, -0.15) is 5.26 Å². The number of hydrogen-bond donors (Lipinski definition) is 1. The van der Waals surface area contributed by atoms with Crippen LogP contribution >= 0.6 is 0 Å². The molecule has 0 aliphatic heterocycles. The summed E-state index contributed by atoms with van der Waals surface area (Å²) in [4.78, 5) is 0. The molecule has 2 aromatic carbocycles. The van der Waals surface area contributed by atoms with Crippen LogP contribution in [-0.4, -0.2) is 0 Å². The minimum Gasteiger partial charge on any atom is -0.352 e. The molecule has 0 saturated heterocycles. The molecule has 0 saturated carbocycles. The van der Waals surface area contributed by atoms with Crippen LogP contribution in [0.2, 0.25) is 0 Å². The van der Waals surface area contributed by atoms with E-state index in [1.807, 2.05) is 32.0 Å². The Hall–Kier alpha value is -2.41. The summed E-state index contributed by atoms with van der Waals surface area (Å²) in [6, 6.07) is 9.60. The Bertz CT molecular complexity index is 673. The third-order valence-electron chi connectivity index (χ3n) is 2.86. The molecule has 0 radical (unpaired) electrons. The molecule has 2 nitrogen and oxygen atoms in total. The van der Waals surface area contributed by atoms with Crippen molar-refractivity contribution in [1.82, 2.24) is 0 Å². The van der Waals surface area contributed by atoms with E-state index >= 15 is 0 Å². The van der Waals surface area contributed by atoms with E-state index < -0.39 is 11.6 Å². The highest BCUT2D eigenvalue weighted by atomic mass is 19.2. The summed E-state index contributed by atoms with van der Waals surface area (Å²) >= 11 is 0. The van der Waals surface area contributed by atoms with Gasteiger partial charge in [0.2, 0.25) is 0 Å². The normalized spacial score (nSPS) is 10.1. The maximum absolute atomic E-state index is 13.8. The lowest BCUT2D eigenvalue weighted by Gasteiger charge is -2.12. The van der Waals surface area contributed by atoms with E-state index in [1.54, 1.807) is 6.07 Å². The van der Waals surface area contributed by atoms with Crippen molar-refractivity contribution < 1.29 is 8.78 Å². The number of nitriles is 1. The van der Waals surface area contributed by atoms with Crippen LogP contribution in [-0.2, 0) is 0 Å². The summed E-state index contributed by atoms with van der Waals surface area (Å²) < 4.78 is 27.0. The van der Waals surface area contributed by atoms with Crippen molar-refractivity contribution in [3.05, 3.63) is 58.7 Å². The Morgan fingerprint density at radius 3 is 2.47 bits per heavy atom. The van der Waals surface area contributed by atoms with Gasteiger partial charge in [0.25, 0.3) is 0 Å². The van der Waals surface area contributed by atoms with Crippen LogP contribution in [0, 0.1) is 36.8 Å². The van der Waals surface area contributed by atoms with Crippen molar-refractivity contribution in [2.24, 2.45) is 0 Å². The lowest BCUT2D eigenvalue weighted by atomic mass is 10.1. The molecule has 0 atom stereocenters. The second kappa shape index (κ2) is 5.07. The van der Waals surface area contributed by atoms with Gasteiger partial charge in [-0.15, -0.1) is 0 Å². The fourth-order valence-corrected chi connectivity index (χ4v) is 1.85.